The van der Waals surface area contributed by atoms with Crippen molar-refractivity contribution in [1.29, 1.82) is 0 Å². The topological polar surface area (TPSA) is 101 Å². The molecule has 0 amide bonds. The molecule has 0 atom stereocenters. The molecule has 146 valence electrons. The first kappa shape index (κ1) is 18.5. The van der Waals surface area contributed by atoms with Crippen molar-refractivity contribution in [3.8, 4) is 16.8 Å². The van der Waals surface area contributed by atoms with Crippen LogP contribution in [0.25, 0.3) is 27.7 Å². The molecule has 2 heterocycles. The van der Waals surface area contributed by atoms with Crippen molar-refractivity contribution in [2.24, 2.45) is 0 Å². The van der Waals surface area contributed by atoms with Gasteiger partial charge < -0.3 is 5.11 Å². The van der Waals surface area contributed by atoms with Gasteiger partial charge in [0.25, 0.3) is 5.56 Å². The average Bonchev–Trinajstić information content (AvgIpc) is 3.23. The first-order valence-electron chi connectivity index (χ1n) is 9.05. The van der Waals surface area contributed by atoms with Gasteiger partial charge in [-0.3, -0.25) is 19.3 Å². The molecule has 0 aliphatic carbocycles. The number of halogens is 1. The van der Waals surface area contributed by atoms with E-state index in [-0.39, 0.29) is 12.0 Å². The summed E-state index contributed by atoms with van der Waals surface area (Å²) in [6.07, 6.45) is 4.01. The van der Waals surface area contributed by atoms with Crippen LogP contribution in [0.1, 0.15) is 18.7 Å². The van der Waals surface area contributed by atoms with E-state index in [1.54, 1.807) is 24.5 Å². The number of H-pyrrole nitrogens is 1. The summed E-state index contributed by atoms with van der Waals surface area (Å²) in [5, 5.41) is 16.0. The third-order valence-electron chi connectivity index (χ3n) is 4.65. The third kappa shape index (κ3) is 3.77. The number of aryl methyl sites for hydroxylation is 1. The number of hydrogen-bond donors (Lipinski definition) is 2. The average molecular weight is 392 g/mol. The predicted molar refractivity (Wildman–Crippen MR) is 105 cm³/mol. The summed E-state index contributed by atoms with van der Waals surface area (Å²) in [6.45, 7) is 0. The van der Waals surface area contributed by atoms with Crippen LogP contribution in [0, 0.1) is 5.82 Å². The van der Waals surface area contributed by atoms with E-state index in [4.69, 9.17) is 5.11 Å². The Morgan fingerprint density at radius 2 is 1.93 bits per heavy atom. The summed E-state index contributed by atoms with van der Waals surface area (Å²) in [7, 11) is 0. The summed E-state index contributed by atoms with van der Waals surface area (Å²) >= 11 is 0. The summed E-state index contributed by atoms with van der Waals surface area (Å²) in [4.78, 5) is 28.8. The van der Waals surface area contributed by atoms with Crippen LogP contribution in [0.3, 0.4) is 0 Å². The number of benzene rings is 2. The Labute approximate surface area is 164 Å². The quantitative estimate of drug-likeness (QED) is 0.524. The van der Waals surface area contributed by atoms with Gasteiger partial charge >= 0.3 is 5.97 Å². The number of aromatic amines is 1. The molecule has 29 heavy (non-hydrogen) atoms. The van der Waals surface area contributed by atoms with Gasteiger partial charge in [-0.05, 0) is 48.4 Å². The van der Waals surface area contributed by atoms with Crippen LogP contribution < -0.4 is 5.56 Å². The standard InChI is InChI=1S/C21H17FN4O3/c22-15-5-7-16(8-6-15)26-19(2-1-3-20(27)28)25-18-10-13(14-11-23-24-12-14)4-9-17(18)21(26)29/h4-12H,1-3H2,(H,23,24)(H,27,28). The Hall–Kier alpha value is -3.81. The van der Waals surface area contributed by atoms with Crippen LogP contribution in [-0.2, 0) is 11.2 Å². The number of carbonyl (C=O) groups is 1. The molecule has 7 nitrogen and oxygen atoms in total. The zero-order valence-corrected chi connectivity index (χ0v) is 15.3. The van der Waals surface area contributed by atoms with Crippen molar-refractivity contribution in [2.45, 2.75) is 19.3 Å². The van der Waals surface area contributed by atoms with Crippen LogP contribution in [0.15, 0.2) is 59.7 Å². The van der Waals surface area contributed by atoms with Gasteiger partial charge in [-0.25, -0.2) is 9.37 Å². The van der Waals surface area contributed by atoms with Gasteiger partial charge in [-0.1, -0.05) is 6.07 Å². The van der Waals surface area contributed by atoms with E-state index in [1.807, 2.05) is 6.07 Å². The molecule has 0 aliphatic rings. The molecule has 2 aromatic heterocycles. The molecule has 0 saturated carbocycles. The number of carboxylic acid groups (broad SMARTS) is 1. The normalized spacial score (nSPS) is 11.1. The SMILES string of the molecule is O=C(O)CCCc1nc2cc(-c3cn[nH]c3)ccc2c(=O)n1-c1ccc(F)cc1. The Kier molecular flexibility index (Phi) is 4.90. The van der Waals surface area contributed by atoms with E-state index < -0.39 is 11.8 Å². The van der Waals surface area contributed by atoms with E-state index in [9.17, 15) is 14.0 Å². The van der Waals surface area contributed by atoms with Crippen LogP contribution >= 0.6 is 0 Å². The van der Waals surface area contributed by atoms with Crippen LogP contribution in [-0.4, -0.2) is 30.8 Å². The van der Waals surface area contributed by atoms with Crippen molar-refractivity contribution in [3.05, 3.63) is 76.9 Å². The zero-order chi connectivity index (χ0) is 20.4. The Morgan fingerprint density at radius 1 is 1.14 bits per heavy atom. The molecule has 0 spiro atoms. The maximum atomic E-state index is 13.4. The highest BCUT2D eigenvalue weighted by Gasteiger charge is 2.14. The zero-order valence-electron chi connectivity index (χ0n) is 15.3. The van der Waals surface area contributed by atoms with E-state index >= 15 is 0 Å². The first-order chi connectivity index (χ1) is 14.0. The van der Waals surface area contributed by atoms with Crippen molar-refractivity contribution in [2.75, 3.05) is 0 Å². The summed E-state index contributed by atoms with van der Waals surface area (Å²) in [6, 6.07) is 10.9. The highest BCUT2D eigenvalue weighted by atomic mass is 19.1. The monoisotopic (exact) mass is 392 g/mol. The number of rotatable bonds is 6. The molecule has 2 aromatic carbocycles. The van der Waals surface area contributed by atoms with Gasteiger partial charge in [-0.2, -0.15) is 5.10 Å². The lowest BCUT2D eigenvalue weighted by Gasteiger charge is -2.14. The Balaban J connectivity index is 1.88. The van der Waals surface area contributed by atoms with Gasteiger partial charge in [0.1, 0.15) is 11.6 Å². The van der Waals surface area contributed by atoms with Crippen LogP contribution in [0.5, 0.6) is 0 Å². The van der Waals surface area contributed by atoms with Gasteiger partial charge in [-0.15, -0.1) is 0 Å². The summed E-state index contributed by atoms with van der Waals surface area (Å²) in [5.74, 6) is -0.892. The molecule has 0 saturated heterocycles. The first-order valence-corrected chi connectivity index (χ1v) is 9.05. The molecule has 4 rings (SSSR count). The van der Waals surface area contributed by atoms with E-state index in [2.05, 4.69) is 15.2 Å². The lowest BCUT2D eigenvalue weighted by Crippen LogP contribution is -2.24. The van der Waals surface area contributed by atoms with E-state index in [0.717, 1.165) is 11.1 Å². The molecular formula is C21H17FN4O3. The fourth-order valence-corrected chi connectivity index (χ4v) is 3.24. The van der Waals surface area contributed by atoms with Gasteiger partial charge in [0.05, 0.1) is 22.8 Å². The minimum atomic E-state index is -0.913. The number of fused-ring (bicyclic) bond motifs is 1. The van der Waals surface area contributed by atoms with Crippen molar-refractivity contribution in [1.82, 2.24) is 19.7 Å². The second-order valence-electron chi connectivity index (χ2n) is 6.61. The third-order valence-corrected chi connectivity index (χ3v) is 4.65. The highest BCUT2D eigenvalue weighted by molar-refractivity contribution is 5.83. The molecular weight excluding hydrogens is 375 g/mol. The molecule has 0 fully saturated rings. The number of aliphatic carboxylic acids is 1. The van der Waals surface area contributed by atoms with Gasteiger partial charge in [0.2, 0.25) is 0 Å². The van der Waals surface area contributed by atoms with Crippen LogP contribution in [0.4, 0.5) is 4.39 Å². The minimum Gasteiger partial charge on any atom is -0.481 e. The van der Waals surface area contributed by atoms with E-state index in [1.165, 1.54) is 28.8 Å². The fraction of sp³-hybridized carbons (Fsp3) is 0.143. The van der Waals surface area contributed by atoms with Crippen molar-refractivity contribution >= 4 is 16.9 Å². The summed E-state index contributed by atoms with van der Waals surface area (Å²) < 4.78 is 14.8. The Morgan fingerprint density at radius 3 is 2.62 bits per heavy atom. The molecule has 2 N–H and O–H groups in total. The van der Waals surface area contributed by atoms with Gasteiger partial charge in [0, 0.05) is 24.6 Å². The smallest absolute Gasteiger partial charge is 0.303 e. The second-order valence-corrected chi connectivity index (χ2v) is 6.61. The highest BCUT2D eigenvalue weighted by Crippen LogP contribution is 2.22. The number of hydrogen-bond acceptors (Lipinski definition) is 4. The lowest BCUT2D eigenvalue weighted by atomic mass is 10.1. The maximum absolute atomic E-state index is 13.4. The number of nitrogens with one attached hydrogen (secondary N) is 1. The predicted octanol–water partition coefficient (Wildman–Crippen LogP) is 3.32. The second kappa shape index (κ2) is 7.67. The fourth-order valence-electron chi connectivity index (χ4n) is 3.24. The van der Waals surface area contributed by atoms with Crippen molar-refractivity contribution in [3.63, 3.8) is 0 Å². The molecule has 0 aliphatic heterocycles. The maximum Gasteiger partial charge on any atom is 0.303 e. The minimum absolute atomic E-state index is 0.0353. The molecule has 0 bridgehead atoms. The van der Waals surface area contributed by atoms with Crippen molar-refractivity contribution < 1.29 is 14.3 Å². The molecule has 0 radical (unpaired) electrons. The number of aromatic nitrogens is 4. The number of carboxylic acids is 1. The molecule has 0 unspecified atom stereocenters. The number of nitrogens with zero attached hydrogens (tertiary/aromatic N) is 3. The lowest BCUT2D eigenvalue weighted by molar-refractivity contribution is -0.137. The molecule has 8 heteroatoms. The van der Waals surface area contributed by atoms with Gasteiger partial charge in [0.15, 0.2) is 0 Å². The largest absolute Gasteiger partial charge is 0.481 e. The molecule has 4 aromatic rings. The van der Waals surface area contributed by atoms with E-state index in [0.29, 0.717) is 35.3 Å². The Bertz CT molecular complexity index is 1230. The summed E-state index contributed by atoms with van der Waals surface area (Å²) in [5.41, 5.74) is 2.43. The van der Waals surface area contributed by atoms with Crippen LogP contribution in [0.2, 0.25) is 0 Å².